The molecular weight excluding hydrogens is 317 g/mol. The number of rotatable bonds is 3. The normalized spacial score (nSPS) is 21.4. The molecule has 130 valence electrons. The van der Waals surface area contributed by atoms with Crippen LogP contribution in [0.4, 0.5) is 4.39 Å². The van der Waals surface area contributed by atoms with Crippen molar-refractivity contribution in [3.05, 3.63) is 58.9 Å². The number of amides is 1. The van der Waals surface area contributed by atoms with Crippen molar-refractivity contribution in [2.45, 2.75) is 44.4 Å². The van der Waals surface area contributed by atoms with E-state index in [0.717, 1.165) is 36.5 Å². The molecular formula is C20H22FN3O. The lowest BCUT2D eigenvalue weighted by Gasteiger charge is -2.24. The number of hydrogen-bond acceptors (Lipinski definition) is 3. The largest absolute Gasteiger partial charge is 0.341 e. The summed E-state index contributed by atoms with van der Waals surface area (Å²) in [5.41, 5.74) is 1.81. The third-order valence-electron chi connectivity index (χ3n) is 5.39. The van der Waals surface area contributed by atoms with Crippen LogP contribution in [0, 0.1) is 19.7 Å². The van der Waals surface area contributed by atoms with Gasteiger partial charge in [0, 0.05) is 36.0 Å². The molecule has 1 atom stereocenters. The SMILES string of the molecule is Cc1cc(C)nc(C2CCN(C(=O)C3(c4ccccc4F)CC3)C2)n1. The molecule has 1 unspecified atom stereocenters. The van der Waals surface area contributed by atoms with Crippen LogP contribution >= 0.6 is 0 Å². The van der Waals surface area contributed by atoms with E-state index in [-0.39, 0.29) is 17.6 Å². The van der Waals surface area contributed by atoms with Gasteiger partial charge in [-0.1, -0.05) is 18.2 Å². The van der Waals surface area contributed by atoms with Crippen LogP contribution in [0.25, 0.3) is 0 Å². The maximum atomic E-state index is 14.2. The summed E-state index contributed by atoms with van der Waals surface area (Å²) in [6.45, 7) is 5.24. The van der Waals surface area contributed by atoms with E-state index in [1.54, 1.807) is 12.1 Å². The number of halogens is 1. The first-order valence-corrected chi connectivity index (χ1v) is 8.86. The number of carbonyl (C=O) groups excluding carboxylic acids is 1. The van der Waals surface area contributed by atoms with Crippen LogP contribution in [-0.2, 0) is 10.2 Å². The zero-order valence-electron chi connectivity index (χ0n) is 14.6. The van der Waals surface area contributed by atoms with Gasteiger partial charge < -0.3 is 4.90 Å². The predicted molar refractivity (Wildman–Crippen MR) is 92.8 cm³/mol. The van der Waals surface area contributed by atoms with Gasteiger partial charge in [-0.3, -0.25) is 4.79 Å². The van der Waals surface area contributed by atoms with Gasteiger partial charge in [0.15, 0.2) is 0 Å². The molecule has 4 nitrogen and oxygen atoms in total. The number of aromatic nitrogens is 2. The van der Waals surface area contributed by atoms with Crippen molar-refractivity contribution < 1.29 is 9.18 Å². The predicted octanol–water partition coefficient (Wildman–Crippen LogP) is 3.28. The first kappa shape index (κ1) is 16.2. The lowest BCUT2D eigenvalue weighted by atomic mass is 9.94. The first-order chi connectivity index (χ1) is 12.0. The Balaban J connectivity index is 1.54. The molecule has 1 amide bonds. The van der Waals surface area contributed by atoms with Gasteiger partial charge in [-0.25, -0.2) is 14.4 Å². The fourth-order valence-electron chi connectivity index (χ4n) is 3.97. The Hall–Kier alpha value is -2.30. The van der Waals surface area contributed by atoms with Crippen molar-refractivity contribution in [1.29, 1.82) is 0 Å². The Morgan fingerprint density at radius 1 is 1.20 bits per heavy atom. The summed E-state index contributed by atoms with van der Waals surface area (Å²) >= 11 is 0. The van der Waals surface area contributed by atoms with Gasteiger partial charge in [-0.2, -0.15) is 0 Å². The lowest BCUT2D eigenvalue weighted by molar-refractivity contribution is -0.133. The molecule has 2 heterocycles. The molecule has 25 heavy (non-hydrogen) atoms. The third kappa shape index (κ3) is 2.81. The van der Waals surface area contributed by atoms with E-state index < -0.39 is 5.41 Å². The molecule has 0 bridgehead atoms. The second-order valence-electron chi connectivity index (χ2n) is 7.31. The molecule has 4 rings (SSSR count). The maximum absolute atomic E-state index is 14.2. The van der Waals surface area contributed by atoms with Crippen molar-refractivity contribution in [2.24, 2.45) is 0 Å². The zero-order valence-corrected chi connectivity index (χ0v) is 14.6. The van der Waals surface area contributed by atoms with E-state index in [1.165, 1.54) is 6.07 Å². The molecule has 2 aliphatic rings. The fraction of sp³-hybridized carbons (Fsp3) is 0.450. The van der Waals surface area contributed by atoms with E-state index in [9.17, 15) is 9.18 Å². The van der Waals surface area contributed by atoms with Crippen LogP contribution < -0.4 is 0 Å². The summed E-state index contributed by atoms with van der Waals surface area (Å²) in [5, 5.41) is 0. The molecule has 1 aliphatic carbocycles. The average molecular weight is 339 g/mol. The van der Waals surface area contributed by atoms with Crippen molar-refractivity contribution in [3.63, 3.8) is 0 Å². The highest BCUT2D eigenvalue weighted by molar-refractivity contribution is 5.91. The van der Waals surface area contributed by atoms with Gasteiger partial charge >= 0.3 is 0 Å². The summed E-state index contributed by atoms with van der Waals surface area (Å²) in [5.74, 6) is 0.772. The molecule has 0 N–H and O–H groups in total. The van der Waals surface area contributed by atoms with E-state index in [4.69, 9.17) is 0 Å². The van der Waals surface area contributed by atoms with Gasteiger partial charge in [-0.05, 0) is 45.2 Å². The minimum Gasteiger partial charge on any atom is -0.341 e. The number of nitrogens with zero attached hydrogens (tertiary/aromatic N) is 3. The highest BCUT2D eigenvalue weighted by Crippen LogP contribution is 2.51. The van der Waals surface area contributed by atoms with Crippen LogP contribution in [0.15, 0.2) is 30.3 Å². The van der Waals surface area contributed by atoms with Gasteiger partial charge in [0.25, 0.3) is 0 Å². The second kappa shape index (κ2) is 5.90. The molecule has 5 heteroatoms. The Morgan fingerprint density at radius 2 is 1.88 bits per heavy atom. The number of benzene rings is 1. The molecule has 1 saturated heterocycles. The molecule has 1 aromatic heterocycles. The quantitative estimate of drug-likeness (QED) is 0.862. The van der Waals surface area contributed by atoms with Gasteiger partial charge in [0.1, 0.15) is 11.6 Å². The Kier molecular flexibility index (Phi) is 3.82. The van der Waals surface area contributed by atoms with Crippen LogP contribution in [0.2, 0.25) is 0 Å². The monoisotopic (exact) mass is 339 g/mol. The Labute approximate surface area is 147 Å². The average Bonchev–Trinajstić information content (AvgIpc) is 3.22. The number of hydrogen-bond donors (Lipinski definition) is 0. The second-order valence-corrected chi connectivity index (χ2v) is 7.31. The number of carbonyl (C=O) groups is 1. The maximum Gasteiger partial charge on any atom is 0.233 e. The summed E-state index contributed by atoms with van der Waals surface area (Å²) in [6, 6.07) is 8.63. The summed E-state index contributed by atoms with van der Waals surface area (Å²) in [7, 11) is 0. The highest BCUT2D eigenvalue weighted by atomic mass is 19.1. The third-order valence-corrected chi connectivity index (χ3v) is 5.39. The fourth-order valence-corrected chi connectivity index (χ4v) is 3.97. The molecule has 2 aromatic rings. The summed E-state index contributed by atoms with van der Waals surface area (Å²) < 4.78 is 14.2. The smallest absolute Gasteiger partial charge is 0.233 e. The van der Waals surface area contributed by atoms with Crippen LogP contribution in [-0.4, -0.2) is 33.9 Å². The minimum absolute atomic E-state index is 0.0597. The van der Waals surface area contributed by atoms with Crippen molar-refractivity contribution in [1.82, 2.24) is 14.9 Å². The number of likely N-dealkylation sites (tertiary alicyclic amines) is 1. The molecule has 1 aromatic carbocycles. The Bertz CT molecular complexity index is 811. The van der Waals surface area contributed by atoms with Crippen molar-refractivity contribution >= 4 is 5.91 Å². The van der Waals surface area contributed by atoms with Gasteiger partial charge in [0.05, 0.1) is 5.41 Å². The Morgan fingerprint density at radius 3 is 2.52 bits per heavy atom. The minimum atomic E-state index is -0.649. The van der Waals surface area contributed by atoms with Crippen LogP contribution in [0.5, 0.6) is 0 Å². The topological polar surface area (TPSA) is 46.1 Å². The van der Waals surface area contributed by atoms with Gasteiger partial charge in [-0.15, -0.1) is 0 Å². The van der Waals surface area contributed by atoms with Crippen molar-refractivity contribution in [3.8, 4) is 0 Å². The molecule has 0 radical (unpaired) electrons. The van der Waals surface area contributed by atoms with E-state index in [1.807, 2.05) is 30.9 Å². The molecule has 0 spiro atoms. The standard InChI is InChI=1S/C20H22FN3O/c1-13-11-14(2)23-18(22-13)15-7-10-24(12-15)19(25)20(8-9-20)16-5-3-4-6-17(16)21/h3-6,11,15H,7-10,12H2,1-2H3. The van der Waals surface area contributed by atoms with Crippen molar-refractivity contribution in [2.75, 3.05) is 13.1 Å². The molecule has 1 aliphatic heterocycles. The van der Waals surface area contributed by atoms with E-state index in [0.29, 0.717) is 18.7 Å². The lowest BCUT2D eigenvalue weighted by Crippen LogP contribution is -2.38. The summed E-state index contributed by atoms with van der Waals surface area (Å²) in [4.78, 5) is 24.1. The first-order valence-electron chi connectivity index (χ1n) is 8.86. The van der Waals surface area contributed by atoms with E-state index >= 15 is 0 Å². The molecule has 1 saturated carbocycles. The zero-order chi connectivity index (χ0) is 17.6. The van der Waals surface area contributed by atoms with E-state index in [2.05, 4.69) is 9.97 Å². The number of aryl methyl sites for hydroxylation is 2. The molecule has 2 fully saturated rings. The summed E-state index contributed by atoms with van der Waals surface area (Å²) in [6.07, 6.45) is 2.32. The van der Waals surface area contributed by atoms with Gasteiger partial charge in [0.2, 0.25) is 5.91 Å². The van der Waals surface area contributed by atoms with Crippen LogP contribution in [0.3, 0.4) is 0 Å². The van der Waals surface area contributed by atoms with Crippen LogP contribution in [0.1, 0.15) is 48.0 Å². The highest BCUT2D eigenvalue weighted by Gasteiger charge is 2.55.